The van der Waals surface area contributed by atoms with Crippen molar-refractivity contribution in [2.45, 2.75) is 82.1 Å². The van der Waals surface area contributed by atoms with Gasteiger partial charge >= 0.3 is 0 Å². The third kappa shape index (κ3) is 6.08. The first-order chi connectivity index (χ1) is 19.5. The minimum atomic E-state index is -3.55. The highest BCUT2D eigenvalue weighted by atomic mass is 35.5. The fourth-order valence-electron chi connectivity index (χ4n) is 5.17. The van der Waals surface area contributed by atoms with Gasteiger partial charge in [-0.05, 0) is 64.8 Å². The fourth-order valence-corrected chi connectivity index (χ4v) is 6.51. The normalized spacial score (nSPS) is 14.6. The van der Waals surface area contributed by atoms with Crippen molar-refractivity contribution in [3.05, 3.63) is 53.8 Å². The van der Waals surface area contributed by atoms with Crippen molar-refractivity contribution < 1.29 is 18.3 Å². The molecule has 1 aliphatic carbocycles. The number of anilines is 4. The maximum absolute atomic E-state index is 12.9. The Morgan fingerprint density at radius 1 is 1.05 bits per heavy atom. The van der Waals surface area contributed by atoms with Crippen LogP contribution in [0.3, 0.4) is 0 Å². The van der Waals surface area contributed by atoms with Gasteiger partial charge in [-0.1, -0.05) is 43.0 Å². The third-order valence-electron chi connectivity index (χ3n) is 7.30. The summed E-state index contributed by atoms with van der Waals surface area (Å²) in [5.41, 5.74) is 0.950. The molecule has 9 nitrogen and oxygen atoms in total. The van der Waals surface area contributed by atoms with Crippen LogP contribution in [0.1, 0.15) is 65.8 Å². The van der Waals surface area contributed by atoms with E-state index in [-0.39, 0.29) is 39.7 Å². The number of benzene rings is 2. The van der Waals surface area contributed by atoms with Crippen LogP contribution in [0, 0.1) is 0 Å². The summed E-state index contributed by atoms with van der Waals surface area (Å²) < 4.78 is 34.0. The summed E-state index contributed by atoms with van der Waals surface area (Å²) >= 11 is 6.43. The van der Waals surface area contributed by atoms with Gasteiger partial charge in [0.15, 0.2) is 21.5 Å². The molecule has 41 heavy (non-hydrogen) atoms. The van der Waals surface area contributed by atoms with Crippen molar-refractivity contribution in [3.8, 4) is 11.6 Å². The van der Waals surface area contributed by atoms with Crippen LogP contribution in [0.5, 0.6) is 11.6 Å². The largest absolute Gasteiger partial charge is 0.494 e. The van der Waals surface area contributed by atoms with E-state index in [2.05, 4.69) is 20.6 Å². The number of ether oxygens (including phenoxy) is 1. The van der Waals surface area contributed by atoms with Crippen LogP contribution < -0.4 is 15.4 Å². The minimum Gasteiger partial charge on any atom is -0.494 e. The molecule has 4 aromatic rings. The molecule has 1 aliphatic rings. The number of hydrogen-bond donors (Lipinski definition) is 3. The lowest BCUT2D eigenvalue weighted by Gasteiger charge is -2.23. The van der Waals surface area contributed by atoms with Crippen molar-refractivity contribution in [2.75, 3.05) is 10.6 Å². The number of aromatic hydroxyl groups is 1. The number of nitrogens with one attached hydrogen (secondary N) is 2. The van der Waals surface area contributed by atoms with Gasteiger partial charge in [0.05, 0.1) is 33.8 Å². The monoisotopic (exact) mass is 597 g/mol. The van der Waals surface area contributed by atoms with Gasteiger partial charge in [-0.2, -0.15) is 4.98 Å². The number of nitrogens with zero attached hydrogens (tertiary/aromatic N) is 3. The number of sulfone groups is 1. The first kappa shape index (κ1) is 29.0. The molecule has 2 aromatic carbocycles. The fraction of sp³-hybridized carbons (Fsp3) is 0.400. The molecule has 0 spiro atoms. The molecule has 2 aromatic heterocycles. The number of halogens is 1. The van der Waals surface area contributed by atoms with E-state index in [9.17, 15) is 13.5 Å². The van der Waals surface area contributed by atoms with Crippen molar-refractivity contribution in [1.29, 1.82) is 0 Å². The molecule has 5 rings (SSSR count). The molecule has 1 fully saturated rings. The van der Waals surface area contributed by atoms with Crippen LogP contribution in [0.2, 0.25) is 5.02 Å². The van der Waals surface area contributed by atoms with E-state index in [0.29, 0.717) is 22.5 Å². The first-order valence-electron chi connectivity index (χ1n) is 14.0. The molecule has 0 saturated heterocycles. The SMILES string of the molecule is CC(C)Oc1cc2cn(C3CCCCC3)c(O)c2cc1Nc1ncc(Cl)c(Nc2ccccc2S(=O)(=O)C(C)C)n1. The highest BCUT2D eigenvalue weighted by Crippen LogP contribution is 2.41. The van der Waals surface area contributed by atoms with Crippen LogP contribution in [-0.4, -0.2) is 39.4 Å². The van der Waals surface area contributed by atoms with Gasteiger partial charge in [0, 0.05) is 23.0 Å². The zero-order valence-corrected chi connectivity index (χ0v) is 25.3. The lowest BCUT2D eigenvalue weighted by Crippen LogP contribution is -2.15. The zero-order chi connectivity index (χ0) is 29.3. The van der Waals surface area contributed by atoms with Gasteiger partial charge in [0.1, 0.15) is 10.8 Å². The predicted octanol–water partition coefficient (Wildman–Crippen LogP) is 7.75. The van der Waals surface area contributed by atoms with Crippen LogP contribution in [0.4, 0.5) is 23.1 Å². The Morgan fingerprint density at radius 2 is 1.78 bits per heavy atom. The second kappa shape index (κ2) is 11.8. The van der Waals surface area contributed by atoms with Gasteiger partial charge in [-0.3, -0.25) is 0 Å². The smallest absolute Gasteiger partial charge is 0.229 e. The summed E-state index contributed by atoms with van der Waals surface area (Å²) in [5, 5.41) is 18.7. The number of hydrogen-bond acceptors (Lipinski definition) is 8. The van der Waals surface area contributed by atoms with Gasteiger partial charge in [0.25, 0.3) is 0 Å². The van der Waals surface area contributed by atoms with Crippen molar-refractivity contribution >= 4 is 55.4 Å². The Labute approximate surface area is 245 Å². The molecule has 0 bridgehead atoms. The average Bonchev–Trinajstić information content (AvgIpc) is 3.26. The van der Waals surface area contributed by atoms with Gasteiger partial charge in [-0.15, -0.1) is 0 Å². The Hall–Kier alpha value is -3.50. The first-order valence-corrected chi connectivity index (χ1v) is 15.9. The van der Waals surface area contributed by atoms with Crippen LogP contribution >= 0.6 is 11.6 Å². The average molecular weight is 598 g/mol. The Balaban J connectivity index is 1.50. The Morgan fingerprint density at radius 3 is 2.49 bits per heavy atom. The lowest BCUT2D eigenvalue weighted by molar-refractivity contribution is 0.244. The molecule has 218 valence electrons. The summed E-state index contributed by atoms with van der Waals surface area (Å²) in [6.45, 7) is 7.17. The number of aromatic nitrogens is 3. The topological polar surface area (TPSA) is 118 Å². The number of rotatable bonds is 9. The molecule has 0 aliphatic heterocycles. The van der Waals surface area contributed by atoms with Gasteiger partial charge < -0.3 is 25.0 Å². The van der Waals surface area contributed by atoms with Crippen LogP contribution in [0.25, 0.3) is 10.8 Å². The quantitative estimate of drug-likeness (QED) is 0.179. The summed E-state index contributed by atoms with van der Waals surface area (Å²) in [4.78, 5) is 9.05. The van der Waals surface area contributed by atoms with Crippen LogP contribution in [0.15, 0.2) is 53.7 Å². The lowest BCUT2D eigenvalue weighted by atomic mass is 9.95. The molecule has 3 N–H and O–H groups in total. The zero-order valence-electron chi connectivity index (χ0n) is 23.7. The van der Waals surface area contributed by atoms with E-state index in [4.69, 9.17) is 16.3 Å². The van der Waals surface area contributed by atoms with Gasteiger partial charge in [0.2, 0.25) is 5.95 Å². The van der Waals surface area contributed by atoms with Crippen molar-refractivity contribution in [3.63, 3.8) is 0 Å². The van der Waals surface area contributed by atoms with E-state index in [1.807, 2.05) is 36.7 Å². The summed E-state index contributed by atoms with van der Waals surface area (Å²) in [6.07, 6.45) is 8.99. The van der Waals surface area contributed by atoms with Crippen LogP contribution in [-0.2, 0) is 9.84 Å². The summed E-state index contributed by atoms with van der Waals surface area (Å²) in [5.74, 6) is 1.29. The standard InChI is InChI=1S/C30H36ClN5O4S/c1-18(2)40-26-14-20-17-36(21-10-6-5-7-11-21)29(37)22(20)15-25(26)34-30-32-16-23(31)28(35-30)33-24-12-8-9-13-27(24)41(38,39)19(3)4/h8-9,12-19,21,37H,5-7,10-11H2,1-4H3,(H2,32,33,34,35). The molecule has 1 saturated carbocycles. The van der Waals surface area contributed by atoms with Crippen molar-refractivity contribution in [1.82, 2.24) is 14.5 Å². The third-order valence-corrected chi connectivity index (χ3v) is 9.79. The highest BCUT2D eigenvalue weighted by molar-refractivity contribution is 7.92. The van der Waals surface area contributed by atoms with E-state index in [0.717, 1.165) is 31.1 Å². The second-order valence-corrected chi connectivity index (χ2v) is 13.9. The molecule has 0 atom stereocenters. The van der Waals surface area contributed by atoms with E-state index in [1.165, 1.54) is 12.6 Å². The second-order valence-electron chi connectivity index (χ2n) is 11.0. The Kier molecular flexibility index (Phi) is 8.33. The number of fused-ring (bicyclic) bond motifs is 1. The minimum absolute atomic E-state index is 0.0928. The van der Waals surface area contributed by atoms with E-state index >= 15 is 0 Å². The maximum atomic E-state index is 12.9. The van der Waals surface area contributed by atoms with Crippen molar-refractivity contribution in [2.24, 2.45) is 0 Å². The molecule has 11 heteroatoms. The van der Waals surface area contributed by atoms with E-state index < -0.39 is 15.1 Å². The highest BCUT2D eigenvalue weighted by Gasteiger charge is 2.24. The number of para-hydroxylation sites is 1. The molecule has 2 heterocycles. The molecular formula is C30H36ClN5O4S. The van der Waals surface area contributed by atoms with Gasteiger partial charge in [-0.25, -0.2) is 13.4 Å². The summed E-state index contributed by atoms with van der Waals surface area (Å²) in [6, 6.07) is 10.7. The molecule has 0 radical (unpaired) electrons. The summed E-state index contributed by atoms with van der Waals surface area (Å²) in [7, 11) is -3.55. The predicted molar refractivity (Wildman–Crippen MR) is 164 cm³/mol. The Bertz CT molecular complexity index is 1660. The van der Waals surface area contributed by atoms with E-state index in [1.54, 1.807) is 38.1 Å². The molecule has 0 unspecified atom stereocenters. The molecule has 0 amide bonds. The maximum Gasteiger partial charge on any atom is 0.229 e. The molecular weight excluding hydrogens is 562 g/mol.